The fraction of sp³-hybridized carbons (Fsp3) is 0.308. The Labute approximate surface area is 116 Å². The van der Waals surface area contributed by atoms with Crippen LogP contribution in [0.4, 0.5) is 26.3 Å². The molecule has 0 fully saturated rings. The number of benzene rings is 1. The molecule has 0 saturated heterocycles. The third kappa shape index (κ3) is 5.13. The standard InChI is InChI=1S/C13H10F6O2/c1-2-8-3-5-9(6-4-8)7-10(20)21-11(12(14,15)16)13(17,18)19/h2-6,11H,1,7H2. The van der Waals surface area contributed by atoms with Crippen LogP contribution in [0.2, 0.25) is 0 Å². The van der Waals surface area contributed by atoms with Crippen molar-refractivity contribution in [2.75, 3.05) is 0 Å². The first-order valence-electron chi connectivity index (χ1n) is 5.58. The predicted octanol–water partition coefficient (Wildman–Crippen LogP) is 3.91. The zero-order valence-corrected chi connectivity index (χ0v) is 10.5. The van der Waals surface area contributed by atoms with Crippen LogP contribution < -0.4 is 0 Å². The molecule has 0 aromatic heterocycles. The Morgan fingerprint density at radius 3 is 1.95 bits per heavy atom. The lowest BCUT2D eigenvalue weighted by Gasteiger charge is -2.22. The van der Waals surface area contributed by atoms with Crippen molar-refractivity contribution in [2.45, 2.75) is 24.9 Å². The maximum Gasteiger partial charge on any atom is 0.434 e. The van der Waals surface area contributed by atoms with E-state index in [4.69, 9.17) is 0 Å². The summed E-state index contributed by atoms with van der Waals surface area (Å²) in [6.45, 7) is 3.47. The van der Waals surface area contributed by atoms with Gasteiger partial charge in [0.2, 0.25) is 0 Å². The largest absolute Gasteiger partial charge is 0.442 e. The summed E-state index contributed by atoms with van der Waals surface area (Å²) in [5, 5.41) is 0. The first kappa shape index (κ1) is 17.1. The van der Waals surface area contributed by atoms with Crippen molar-refractivity contribution >= 4 is 12.0 Å². The van der Waals surface area contributed by atoms with E-state index in [9.17, 15) is 31.1 Å². The van der Waals surface area contributed by atoms with Crippen LogP contribution in [0.5, 0.6) is 0 Å². The molecule has 0 aliphatic heterocycles. The van der Waals surface area contributed by atoms with E-state index in [2.05, 4.69) is 11.3 Å². The van der Waals surface area contributed by atoms with Crippen molar-refractivity contribution in [3.05, 3.63) is 42.0 Å². The fourth-order valence-corrected chi connectivity index (χ4v) is 1.43. The lowest BCUT2D eigenvalue weighted by atomic mass is 10.1. The van der Waals surface area contributed by atoms with Crippen LogP contribution in [0.1, 0.15) is 11.1 Å². The number of alkyl halides is 6. The van der Waals surface area contributed by atoms with Crippen molar-refractivity contribution in [3.8, 4) is 0 Å². The van der Waals surface area contributed by atoms with Crippen LogP contribution >= 0.6 is 0 Å². The predicted molar refractivity (Wildman–Crippen MR) is 62.2 cm³/mol. The van der Waals surface area contributed by atoms with Gasteiger partial charge in [-0.2, -0.15) is 26.3 Å². The third-order valence-electron chi connectivity index (χ3n) is 2.41. The average molecular weight is 312 g/mol. The SMILES string of the molecule is C=Cc1ccc(CC(=O)OC(C(F)(F)F)C(F)(F)F)cc1. The summed E-state index contributed by atoms with van der Waals surface area (Å²) < 4.78 is 76.8. The zero-order chi connectivity index (χ0) is 16.3. The van der Waals surface area contributed by atoms with Gasteiger partial charge in [0.1, 0.15) is 0 Å². The van der Waals surface area contributed by atoms with Gasteiger partial charge < -0.3 is 4.74 Å². The van der Waals surface area contributed by atoms with Gasteiger partial charge in [-0.05, 0) is 11.1 Å². The molecule has 0 atom stereocenters. The number of hydrogen-bond acceptors (Lipinski definition) is 2. The summed E-state index contributed by atoms with van der Waals surface area (Å²) in [4.78, 5) is 11.2. The Morgan fingerprint density at radius 1 is 1.10 bits per heavy atom. The molecule has 0 heterocycles. The van der Waals surface area contributed by atoms with Crippen molar-refractivity contribution < 1.29 is 35.9 Å². The average Bonchev–Trinajstić information content (AvgIpc) is 2.34. The monoisotopic (exact) mass is 312 g/mol. The molecule has 0 unspecified atom stereocenters. The minimum atomic E-state index is -5.71. The summed E-state index contributed by atoms with van der Waals surface area (Å²) in [6, 6.07) is 5.80. The second-order valence-corrected chi connectivity index (χ2v) is 4.08. The second-order valence-electron chi connectivity index (χ2n) is 4.08. The van der Waals surface area contributed by atoms with E-state index in [1.54, 1.807) is 0 Å². The van der Waals surface area contributed by atoms with Crippen LogP contribution in [0.3, 0.4) is 0 Å². The third-order valence-corrected chi connectivity index (χ3v) is 2.41. The minimum Gasteiger partial charge on any atom is -0.442 e. The van der Waals surface area contributed by atoms with Crippen molar-refractivity contribution in [1.29, 1.82) is 0 Å². The molecule has 0 N–H and O–H groups in total. The fourth-order valence-electron chi connectivity index (χ4n) is 1.43. The van der Waals surface area contributed by atoms with Gasteiger partial charge in [-0.3, -0.25) is 4.79 Å². The zero-order valence-electron chi connectivity index (χ0n) is 10.5. The van der Waals surface area contributed by atoms with Crippen LogP contribution in [-0.2, 0) is 16.0 Å². The molecule has 1 rings (SSSR count). The van der Waals surface area contributed by atoms with Gasteiger partial charge in [0.05, 0.1) is 6.42 Å². The number of halogens is 6. The van der Waals surface area contributed by atoms with Gasteiger partial charge in [-0.15, -0.1) is 0 Å². The highest BCUT2D eigenvalue weighted by Gasteiger charge is 2.59. The number of ether oxygens (including phenoxy) is 1. The molecule has 0 saturated carbocycles. The van der Waals surface area contributed by atoms with E-state index in [0.717, 1.165) is 0 Å². The van der Waals surface area contributed by atoms with Crippen molar-refractivity contribution in [3.63, 3.8) is 0 Å². The van der Waals surface area contributed by atoms with E-state index in [1.807, 2.05) is 0 Å². The summed E-state index contributed by atoms with van der Waals surface area (Å²) in [5.41, 5.74) is 0.921. The molecule has 1 aromatic rings. The number of carbonyl (C=O) groups excluding carboxylic acids is 1. The molecular weight excluding hydrogens is 302 g/mol. The molecule has 0 spiro atoms. The number of esters is 1. The van der Waals surface area contributed by atoms with E-state index in [-0.39, 0.29) is 5.56 Å². The molecule has 0 bridgehead atoms. The first-order chi connectivity index (χ1) is 9.54. The highest BCUT2D eigenvalue weighted by atomic mass is 19.4. The number of hydrogen-bond donors (Lipinski definition) is 0. The van der Waals surface area contributed by atoms with E-state index < -0.39 is 30.8 Å². The molecule has 1 aromatic carbocycles. The molecule has 116 valence electrons. The Balaban J connectivity index is 2.76. The van der Waals surface area contributed by atoms with E-state index in [0.29, 0.717) is 5.56 Å². The second kappa shape index (κ2) is 6.19. The van der Waals surface area contributed by atoms with E-state index >= 15 is 0 Å². The molecular formula is C13H10F6O2. The summed E-state index contributed by atoms with van der Waals surface area (Å²) in [5.74, 6) is -1.61. The highest BCUT2D eigenvalue weighted by molar-refractivity contribution is 5.73. The Bertz CT molecular complexity index is 487. The molecule has 0 aliphatic carbocycles. The smallest absolute Gasteiger partial charge is 0.434 e. The van der Waals surface area contributed by atoms with Crippen molar-refractivity contribution in [1.82, 2.24) is 0 Å². The topological polar surface area (TPSA) is 26.3 Å². The quantitative estimate of drug-likeness (QED) is 0.622. The first-order valence-corrected chi connectivity index (χ1v) is 5.58. The summed E-state index contributed by atoms with van der Waals surface area (Å²) in [6.07, 6.45) is -14.7. The minimum absolute atomic E-state index is 0.230. The van der Waals surface area contributed by atoms with Crippen molar-refractivity contribution in [2.24, 2.45) is 0 Å². The Morgan fingerprint density at radius 2 is 1.57 bits per heavy atom. The summed E-state index contributed by atoms with van der Waals surface area (Å²) in [7, 11) is 0. The summed E-state index contributed by atoms with van der Waals surface area (Å²) >= 11 is 0. The number of rotatable bonds is 4. The highest BCUT2D eigenvalue weighted by Crippen LogP contribution is 2.35. The van der Waals surface area contributed by atoms with Crippen LogP contribution in [0.15, 0.2) is 30.8 Å². The molecule has 8 heteroatoms. The van der Waals surface area contributed by atoms with Gasteiger partial charge in [-0.25, -0.2) is 0 Å². The lowest BCUT2D eigenvalue weighted by Crippen LogP contribution is -2.45. The van der Waals surface area contributed by atoms with Gasteiger partial charge >= 0.3 is 18.3 Å². The van der Waals surface area contributed by atoms with Gasteiger partial charge in [-0.1, -0.05) is 36.9 Å². The maximum atomic E-state index is 12.2. The Kier molecular flexibility index (Phi) is 5.03. The normalized spacial score (nSPS) is 12.3. The van der Waals surface area contributed by atoms with Crippen LogP contribution in [-0.4, -0.2) is 24.4 Å². The maximum absolute atomic E-state index is 12.2. The molecule has 0 aliphatic rings. The Hall–Kier alpha value is -1.99. The van der Waals surface area contributed by atoms with Gasteiger partial charge in [0, 0.05) is 0 Å². The molecule has 0 radical (unpaired) electrons. The van der Waals surface area contributed by atoms with Gasteiger partial charge in [0.25, 0.3) is 6.10 Å². The molecule has 0 amide bonds. The van der Waals surface area contributed by atoms with Crippen LogP contribution in [0.25, 0.3) is 6.08 Å². The lowest BCUT2D eigenvalue weighted by molar-refractivity contribution is -0.313. The molecule has 21 heavy (non-hydrogen) atoms. The number of carbonyl (C=O) groups is 1. The van der Waals surface area contributed by atoms with E-state index in [1.165, 1.54) is 30.3 Å². The van der Waals surface area contributed by atoms with Gasteiger partial charge in [0.15, 0.2) is 0 Å². The van der Waals surface area contributed by atoms with Crippen LogP contribution in [0, 0.1) is 0 Å². The molecule has 2 nitrogen and oxygen atoms in total.